The van der Waals surface area contributed by atoms with Crippen LogP contribution in [0.25, 0.3) is 0 Å². The van der Waals surface area contributed by atoms with Crippen molar-refractivity contribution in [2.24, 2.45) is 11.8 Å². The highest BCUT2D eigenvalue weighted by Crippen LogP contribution is 2.39. The normalized spacial score (nSPS) is 28.7. The summed E-state index contributed by atoms with van der Waals surface area (Å²) in [5.74, 6) is -0.978. The molecule has 1 saturated carbocycles. The summed E-state index contributed by atoms with van der Waals surface area (Å²) in [5.41, 5.74) is 0. The van der Waals surface area contributed by atoms with Gasteiger partial charge in [0.2, 0.25) is 5.79 Å². The fraction of sp³-hybridized carbons (Fsp3) is 0.583. The minimum Gasteiger partial charge on any atom is -0.488 e. The van der Waals surface area contributed by atoms with Crippen LogP contribution in [0.2, 0.25) is 5.02 Å². The van der Waals surface area contributed by atoms with Crippen molar-refractivity contribution in [1.29, 1.82) is 0 Å². The molecule has 1 saturated heterocycles. The zero-order valence-electron chi connectivity index (χ0n) is 17.5. The molecule has 0 aromatic heterocycles. The summed E-state index contributed by atoms with van der Waals surface area (Å²) in [6.45, 7) is 3.18. The van der Waals surface area contributed by atoms with Crippen LogP contribution >= 0.6 is 11.6 Å². The van der Waals surface area contributed by atoms with E-state index in [4.69, 9.17) is 25.8 Å². The van der Waals surface area contributed by atoms with Crippen molar-refractivity contribution in [3.8, 4) is 5.75 Å². The maximum Gasteiger partial charge on any atom is 0.223 e. The van der Waals surface area contributed by atoms with Gasteiger partial charge in [-0.05, 0) is 43.0 Å². The van der Waals surface area contributed by atoms with Gasteiger partial charge in [-0.2, -0.15) is 0 Å². The number of hydrogen-bond donors (Lipinski definition) is 1. The molecule has 6 heteroatoms. The summed E-state index contributed by atoms with van der Waals surface area (Å²) in [6.07, 6.45) is 10.2. The highest BCUT2D eigenvalue weighted by molar-refractivity contribution is 6.30. The molecule has 3 rings (SSSR count). The maximum atomic E-state index is 14.6. The Kier molecular flexibility index (Phi) is 8.75. The summed E-state index contributed by atoms with van der Waals surface area (Å²) >= 11 is 6.01. The molecule has 4 atom stereocenters. The van der Waals surface area contributed by atoms with E-state index < -0.39 is 18.1 Å². The quantitative estimate of drug-likeness (QED) is 0.387. The van der Waals surface area contributed by atoms with E-state index in [1.54, 1.807) is 24.3 Å². The number of unbranched alkanes of at least 4 members (excludes halogenated alkanes) is 2. The number of allylic oxidation sites excluding steroid dienone is 3. The summed E-state index contributed by atoms with van der Waals surface area (Å²) < 4.78 is 32.1. The Morgan fingerprint density at radius 2 is 2.10 bits per heavy atom. The standard InChI is InChI=1S/C24H32ClFO4/c1-2-3-4-5-6-10-21-20(22(26)16-23(21)27)11-12-24(29-13-14-30-24)17-28-19-9-7-8-18(25)15-19/h5-9,11-12,15,20-23,27H,2-4,10,13-14,16-17H2,1H3/b6-5+,12-11+. The molecule has 0 spiro atoms. The number of alkyl halides is 1. The molecule has 1 aliphatic carbocycles. The lowest BCUT2D eigenvalue weighted by Gasteiger charge is -2.25. The molecule has 166 valence electrons. The van der Waals surface area contributed by atoms with Crippen LogP contribution in [0.15, 0.2) is 48.6 Å². The lowest BCUT2D eigenvalue weighted by atomic mass is 9.90. The minimum absolute atomic E-state index is 0.137. The molecule has 0 radical (unpaired) electrons. The predicted molar refractivity (Wildman–Crippen MR) is 117 cm³/mol. The molecule has 0 amide bonds. The van der Waals surface area contributed by atoms with E-state index in [0.29, 0.717) is 30.4 Å². The van der Waals surface area contributed by atoms with E-state index in [0.717, 1.165) is 19.3 Å². The average molecular weight is 439 g/mol. The topological polar surface area (TPSA) is 47.9 Å². The van der Waals surface area contributed by atoms with Crippen molar-refractivity contribution in [2.45, 2.75) is 57.1 Å². The van der Waals surface area contributed by atoms with Gasteiger partial charge in [0.1, 0.15) is 18.5 Å². The second kappa shape index (κ2) is 11.3. The molecule has 1 aromatic carbocycles. The fourth-order valence-corrected chi connectivity index (χ4v) is 4.23. The first-order chi connectivity index (χ1) is 14.5. The molecule has 4 unspecified atom stereocenters. The van der Waals surface area contributed by atoms with Crippen LogP contribution in [0.4, 0.5) is 4.39 Å². The average Bonchev–Trinajstić information content (AvgIpc) is 3.29. The van der Waals surface area contributed by atoms with E-state index >= 15 is 0 Å². The summed E-state index contributed by atoms with van der Waals surface area (Å²) in [4.78, 5) is 0. The Bertz CT molecular complexity index is 717. The van der Waals surface area contributed by atoms with Crippen LogP contribution in [0, 0.1) is 11.8 Å². The van der Waals surface area contributed by atoms with Crippen molar-refractivity contribution in [1.82, 2.24) is 0 Å². The van der Waals surface area contributed by atoms with Crippen molar-refractivity contribution in [3.63, 3.8) is 0 Å². The number of halogens is 2. The Morgan fingerprint density at radius 1 is 1.30 bits per heavy atom. The van der Waals surface area contributed by atoms with Crippen molar-refractivity contribution in [3.05, 3.63) is 53.6 Å². The second-order valence-corrected chi connectivity index (χ2v) is 8.46. The van der Waals surface area contributed by atoms with Gasteiger partial charge in [-0.3, -0.25) is 0 Å². The largest absolute Gasteiger partial charge is 0.488 e. The van der Waals surface area contributed by atoms with E-state index in [1.807, 2.05) is 12.1 Å². The molecule has 1 aliphatic heterocycles. The van der Waals surface area contributed by atoms with Crippen LogP contribution < -0.4 is 4.74 Å². The van der Waals surface area contributed by atoms with Gasteiger partial charge in [0, 0.05) is 17.4 Å². The number of aliphatic hydroxyl groups excluding tert-OH is 1. The molecule has 1 aromatic rings. The number of hydrogen-bond acceptors (Lipinski definition) is 4. The number of aliphatic hydroxyl groups is 1. The molecule has 30 heavy (non-hydrogen) atoms. The van der Waals surface area contributed by atoms with E-state index in [-0.39, 0.29) is 24.9 Å². The molecule has 2 aliphatic rings. The van der Waals surface area contributed by atoms with Gasteiger partial charge in [-0.25, -0.2) is 4.39 Å². The Hall–Kier alpha value is -1.40. The van der Waals surface area contributed by atoms with Crippen LogP contribution in [-0.4, -0.2) is 43.0 Å². The number of rotatable bonds is 10. The van der Waals surface area contributed by atoms with E-state index in [1.165, 1.54) is 0 Å². The third-order valence-corrected chi connectivity index (χ3v) is 5.99. The van der Waals surface area contributed by atoms with Gasteiger partial charge < -0.3 is 19.3 Å². The van der Waals surface area contributed by atoms with Gasteiger partial charge >= 0.3 is 0 Å². The van der Waals surface area contributed by atoms with E-state index in [2.05, 4.69) is 19.1 Å². The van der Waals surface area contributed by atoms with Gasteiger partial charge in [0.15, 0.2) is 0 Å². The Morgan fingerprint density at radius 3 is 2.83 bits per heavy atom. The van der Waals surface area contributed by atoms with E-state index in [9.17, 15) is 9.50 Å². The minimum atomic E-state index is -1.09. The highest BCUT2D eigenvalue weighted by atomic mass is 35.5. The lowest BCUT2D eigenvalue weighted by Crippen LogP contribution is -2.35. The first-order valence-corrected chi connectivity index (χ1v) is 11.2. The van der Waals surface area contributed by atoms with Crippen LogP contribution in [0.1, 0.15) is 39.0 Å². The smallest absolute Gasteiger partial charge is 0.223 e. The fourth-order valence-electron chi connectivity index (χ4n) is 4.05. The van der Waals surface area contributed by atoms with Gasteiger partial charge in [-0.15, -0.1) is 0 Å². The Balaban J connectivity index is 1.65. The first kappa shape index (κ1) is 23.3. The summed E-state index contributed by atoms with van der Waals surface area (Å²) in [5, 5.41) is 10.9. The number of ether oxygens (including phenoxy) is 3. The molecule has 4 nitrogen and oxygen atoms in total. The van der Waals surface area contributed by atoms with Crippen molar-refractivity contribution < 1.29 is 23.7 Å². The maximum absolute atomic E-state index is 14.6. The molecule has 0 bridgehead atoms. The van der Waals surface area contributed by atoms with Crippen LogP contribution in [0.5, 0.6) is 5.75 Å². The third-order valence-electron chi connectivity index (χ3n) is 5.76. The molecule has 1 N–H and O–H groups in total. The highest BCUT2D eigenvalue weighted by Gasteiger charge is 2.42. The lowest BCUT2D eigenvalue weighted by molar-refractivity contribution is -0.139. The van der Waals surface area contributed by atoms with Crippen LogP contribution in [-0.2, 0) is 9.47 Å². The first-order valence-electron chi connectivity index (χ1n) is 10.9. The van der Waals surface area contributed by atoms with Gasteiger partial charge in [0.05, 0.1) is 19.3 Å². The summed E-state index contributed by atoms with van der Waals surface area (Å²) in [6, 6.07) is 7.11. The molecule has 2 fully saturated rings. The summed E-state index contributed by atoms with van der Waals surface area (Å²) in [7, 11) is 0. The molecular formula is C24H32ClFO4. The van der Waals surface area contributed by atoms with Gasteiger partial charge in [-0.1, -0.05) is 55.7 Å². The van der Waals surface area contributed by atoms with Gasteiger partial charge in [0.25, 0.3) is 0 Å². The number of benzene rings is 1. The predicted octanol–water partition coefficient (Wildman–Crippen LogP) is 5.49. The van der Waals surface area contributed by atoms with Crippen molar-refractivity contribution >= 4 is 11.6 Å². The molecular weight excluding hydrogens is 407 g/mol. The second-order valence-electron chi connectivity index (χ2n) is 8.02. The zero-order chi connectivity index (χ0) is 21.4. The monoisotopic (exact) mass is 438 g/mol. The van der Waals surface area contributed by atoms with Crippen LogP contribution in [0.3, 0.4) is 0 Å². The zero-order valence-corrected chi connectivity index (χ0v) is 18.3. The SMILES string of the molecule is CCCC/C=C/CC1C(O)CC(F)C1/C=C/C1(COc2cccc(Cl)c2)OCCO1. The van der Waals surface area contributed by atoms with Crippen molar-refractivity contribution in [2.75, 3.05) is 19.8 Å². The third kappa shape index (κ3) is 6.30. The molecule has 1 heterocycles. The Labute approximate surface area is 183 Å².